The Labute approximate surface area is 158 Å². The lowest BCUT2D eigenvalue weighted by molar-refractivity contribution is -0.138. The minimum absolute atomic E-state index is 0.103. The number of rotatable bonds is 7. The summed E-state index contributed by atoms with van der Waals surface area (Å²) < 4.78 is 18.8. The highest BCUT2D eigenvalue weighted by atomic mass is 19.1. The highest BCUT2D eigenvalue weighted by Crippen LogP contribution is 2.23. The summed E-state index contributed by atoms with van der Waals surface area (Å²) in [7, 11) is 3.66. The maximum atomic E-state index is 13.4. The lowest BCUT2D eigenvalue weighted by Gasteiger charge is -2.30. The fourth-order valence-corrected chi connectivity index (χ4v) is 2.97. The van der Waals surface area contributed by atoms with E-state index >= 15 is 0 Å². The quantitative estimate of drug-likeness (QED) is 0.640. The zero-order valence-corrected chi connectivity index (χ0v) is 15.4. The maximum Gasteiger partial charge on any atom is 0.245 e. The van der Waals surface area contributed by atoms with E-state index in [1.54, 1.807) is 35.6 Å². The third-order valence-corrected chi connectivity index (χ3v) is 4.25. The van der Waals surface area contributed by atoms with Gasteiger partial charge in [0.05, 0.1) is 25.0 Å². The van der Waals surface area contributed by atoms with Gasteiger partial charge < -0.3 is 9.32 Å². The molecule has 3 rings (SSSR count). The van der Waals surface area contributed by atoms with Crippen LogP contribution in [0.15, 0.2) is 71.5 Å². The Hall–Kier alpha value is -2.99. The van der Waals surface area contributed by atoms with E-state index in [-0.39, 0.29) is 11.7 Å². The van der Waals surface area contributed by atoms with Crippen LogP contribution in [0, 0.1) is 5.82 Å². The number of pyridine rings is 1. The average Bonchev–Trinajstić information content (AvgIpc) is 3.16. The second-order valence-corrected chi connectivity index (χ2v) is 6.51. The zero-order valence-electron chi connectivity index (χ0n) is 15.4. The van der Waals surface area contributed by atoms with Crippen molar-refractivity contribution >= 4 is 5.91 Å². The van der Waals surface area contributed by atoms with E-state index in [4.69, 9.17) is 4.42 Å². The Kier molecular flexibility index (Phi) is 5.98. The van der Waals surface area contributed by atoms with Gasteiger partial charge in [-0.25, -0.2) is 4.39 Å². The number of halogens is 1. The van der Waals surface area contributed by atoms with E-state index in [0.29, 0.717) is 18.8 Å². The van der Waals surface area contributed by atoms with Crippen LogP contribution in [0.5, 0.6) is 0 Å². The van der Waals surface area contributed by atoms with Gasteiger partial charge in [0.25, 0.3) is 0 Å². The summed E-state index contributed by atoms with van der Waals surface area (Å²) in [4.78, 5) is 21.3. The number of furan rings is 1. The molecule has 3 aromatic rings. The fourth-order valence-electron chi connectivity index (χ4n) is 2.97. The van der Waals surface area contributed by atoms with Crippen LogP contribution >= 0.6 is 0 Å². The van der Waals surface area contributed by atoms with Gasteiger partial charge in [-0.1, -0.05) is 18.2 Å². The lowest BCUT2D eigenvalue weighted by Crippen LogP contribution is -2.40. The van der Waals surface area contributed by atoms with Crippen LogP contribution in [0.3, 0.4) is 0 Å². The van der Waals surface area contributed by atoms with Gasteiger partial charge in [0, 0.05) is 6.20 Å². The Morgan fingerprint density at radius 2 is 1.85 bits per heavy atom. The van der Waals surface area contributed by atoms with Crippen LogP contribution in [0.4, 0.5) is 4.39 Å². The molecular formula is C21H22FN3O2. The third kappa shape index (κ3) is 4.80. The summed E-state index contributed by atoms with van der Waals surface area (Å²) in [5.74, 6) is 0.259. The van der Waals surface area contributed by atoms with E-state index in [1.165, 1.54) is 12.1 Å². The van der Waals surface area contributed by atoms with Gasteiger partial charge in [0.15, 0.2) is 0 Å². The Bertz CT molecular complexity index is 849. The van der Waals surface area contributed by atoms with Gasteiger partial charge in [0.1, 0.15) is 17.6 Å². The smallest absolute Gasteiger partial charge is 0.245 e. The lowest BCUT2D eigenvalue weighted by atomic mass is 10.0. The van der Waals surface area contributed by atoms with Gasteiger partial charge in [-0.15, -0.1) is 0 Å². The molecule has 2 heterocycles. The molecule has 0 aliphatic rings. The van der Waals surface area contributed by atoms with Gasteiger partial charge in [-0.05, 0) is 56.1 Å². The summed E-state index contributed by atoms with van der Waals surface area (Å²) in [6, 6.07) is 14.7. The molecule has 1 aromatic carbocycles. The van der Waals surface area contributed by atoms with Crippen LogP contribution < -0.4 is 0 Å². The highest BCUT2D eigenvalue weighted by Gasteiger charge is 2.28. The van der Waals surface area contributed by atoms with E-state index in [0.717, 1.165) is 11.3 Å². The molecule has 0 spiro atoms. The molecular weight excluding hydrogens is 345 g/mol. The van der Waals surface area contributed by atoms with Gasteiger partial charge in [-0.2, -0.15) is 0 Å². The molecule has 0 saturated carbocycles. The number of nitrogens with zero attached hydrogens (tertiary/aromatic N) is 3. The summed E-state index contributed by atoms with van der Waals surface area (Å²) in [6.45, 7) is 0.680. The van der Waals surface area contributed by atoms with Crippen molar-refractivity contribution in [2.24, 2.45) is 0 Å². The molecule has 0 bridgehead atoms. The van der Waals surface area contributed by atoms with Crippen molar-refractivity contribution in [2.75, 3.05) is 14.1 Å². The molecule has 0 aliphatic carbocycles. The summed E-state index contributed by atoms with van der Waals surface area (Å²) in [5.41, 5.74) is 1.52. The van der Waals surface area contributed by atoms with Gasteiger partial charge in [0.2, 0.25) is 5.91 Å². The first kappa shape index (κ1) is 18.8. The normalized spacial score (nSPS) is 12.1. The SMILES string of the molecule is CN(C)C(C(=O)N(Cc1ccccn1)Cc1ccco1)c1ccc(F)cc1. The molecule has 0 radical (unpaired) electrons. The van der Waals surface area contributed by atoms with Gasteiger partial charge in [-0.3, -0.25) is 14.7 Å². The molecule has 0 saturated heterocycles. The molecule has 0 fully saturated rings. The molecule has 0 aliphatic heterocycles. The molecule has 27 heavy (non-hydrogen) atoms. The summed E-state index contributed by atoms with van der Waals surface area (Å²) in [5, 5.41) is 0. The Morgan fingerprint density at radius 3 is 2.44 bits per heavy atom. The molecule has 1 amide bonds. The van der Waals surface area contributed by atoms with Crippen molar-refractivity contribution in [1.29, 1.82) is 0 Å². The standard InChI is InChI=1S/C21H22FN3O2/c1-24(2)20(16-8-10-17(22)11-9-16)21(26)25(15-19-7-5-13-27-19)14-18-6-3-4-12-23-18/h3-13,20H,14-15H2,1-2H3. The van der Waals surface area contributed by atoms with Crippen molar-refractivity contribution in [3.63, 3.8) is 0 Å². The average molecular weight is 367 g/mol. The first-order valence-electron chi connectivity index (χ1n) is 8.67. The molecule has 6 heteroatoms. The van der Waals surface area contributed by atoms with E-state index in [1.807, 2.05) is 43.3 Å². The first-order chi connectivity index (χ1) is 13.0. The van der Waals surface area contributed by atoms with Crippen LogP contribution in [-0.4, -0.2) is 34.8 Å². The summed E-state index contributed by atoms with van der Waals surface area (Å²) in [6.07, 6.45) is 3.29. The predicted octanol–water partition coefficient (Wildman–Crippen LogP) is 3.65. The number of amides is 1. The van der Waals surface area contributed by atoms with E-state index < -0.39 is 6.04 Å². The number of hydrogen-bond donors (Lipinski definition) is 0. The van der Waals surface area contributed by atoms with Gasteiger partial charge >= 0.3 is 0 Å². The Morgan fingerprint density at radius 1 is 1.07 bits per heavy atom. The first-order valence-corrected chi connectivity index (χ1v) is 8.67. The fraction of sp³-hybridized carbons (Fsp3) is 0.238. The Balaban J connectivity index is 1.90. The largest absolute Gasteiger partial charge is 0.467 e. The molecule has 2 aromatic heterocycles. The number of carbonyl (C=O) groups excluding carboxylic acids is 1. The van der Waals surface area contributed by atoms with E-state index in [2.05, 4.69) is 4.98 Å². The van der Waals surface area contributed by atoms with Crippen molar-refractivity contribution in [3.05, 3.63) is 89.9 Å². The van der Waals surface area contributed by atoms with Crippen molar-refractivity contribution in [1.82, 2.24) is 14.8 Å². The molecule has 140 valence electrons. The minimum atomic E-state index is -0.538. The number of benzene rings is 1. The van der Waals surface area contributed by atoms with Crippen molar-refractivity contribution in [2.45, 2.75) is 19.1 Å². The predicted molar refractivity (Wildman–Crippen MR) is 100 cm³/mol. The van der Waals surface area contributed by atoms with Crippen LogP contribution in [-0.2, 0) is 17.9 Å². The molecule has 5 nitrogen and oxygen atoms in total. The minimum Gasteiger partial charge on any atom is -0.467 e. The topological polar surface area (TPSA) is 49.6 Å². The van der Waals surface area contributed by atoms with Crippen LogP contribution in [0.1, 0.15) is 23.1 Å². The van der Waals surface area contributed by atoms with E-state index in [9.17, 15) is 9.18 Å². The van der Waals surface area contributed by atoms with Crippen LogP contribution in [0.25, 0.3) is 0 Å². The number of hydrogen-bond acceptors (Lipinski definition) is 4. The molecule has 0 N–H and O–H groups in total. The second-order valence-electron chi connectivity index (χ2n) is 6.51. The maximum absolute atomic E-state index is 13.4. The third-order valence-electron chi connectivity index (χ3n) is 4.25. The highest BCUT2D eigenvalue weighted by molar-refractivity contribution is 5.83. The number of aromatic nitrogens is 1. The monoisotopic (exact) mass is 367 g/mol. The van der Waals surface area contributed by atoms with Crippen LogP contribution in [0.2, 0.25) is 0 Å². The number of likely N-dealkylation sites (N-methyl/N-ethyl adjacent to an activating group) is 1. The zero-order chi connectivity index (χ0) is 19.2. The number of carbonyl (C=O) groups is 1. The summed E-state index contributed by atoms with van der Waals surface area (Å²) >= 11 is 0. The van der Waals surface area contributed by atoms with Crippen molar-refractivity contribution < 1.29 is 13.6 Å². The second kappa shape index (κ2) is 8.60. The molecule has 1 atom stereocenters. The van der Waals surface area contributed by atoms with Crippen molar-refractivity contribution in [3.8, 4) is 0 Å². The molecule has 1 unspecified atom stereocenters.